The molecule has 0 aromatic heterocycles. The van der Waals surface area contributed by atoms with Gasteiger partial charge in [0.05, 0.1) is 0 Å². The molecule has 2 fully saturated rings. The summed E-state index contributed by atoms with van der Waals surface area (Å²) in [4.78, 5) is 26.3. The van der Waals surface area contributed by atoms with Crippen LogP contribution in [0.3, 0.4) is 0 Å². The second-order valence-electron chi connectivity index (χ2n) is 6.85. The van der Waals surface area contributed by atoms with Crippen molar-refractivity contribution in [2.45, 2.75) is 56.7 Å². The fraction of sp³-hybridized carbons (Fsp3) is 0.579. The highest BCUT2D eigenvalue weighted by Crippen LogP contribution is 2.36. The number of esters is 2. The van der Waals surface area contributed by atoms with Crippen LogP contribution in [0, 0.1) is 0 Å². The first-order valence-corrected chi connectivity index (χ1v) is 8.65. The Balaban J connectivity index is 1.66. The Morgan fingerprint density at radius 2 is 1.79 bits per heavy atom. The third-order valence-corrected chi connectivity index (χ3v) is 5.28. The lowest BCUT2D eigenvalue weighted by atomic mass is 9.98. The van der Waals surface area contributed by atoms with Crippen LogP contribution in [0.25, 0.3) is 0 Å². The van der Waals surface area contributed by atoms with E-state index < -0.39 is 5.92 Å². The molecule has 130 valence electrons. The van der Waals surface area contributed by atoms with Crippen molar-refractivity contribution in [3.8, 4) is 0 Å². The van der Waals surface area contributed by atoms with Gasteiger partial charge in [0.2, 0.25) is 0 Å². The maximum absolute atomic E-state index is 12.7. The van der Waals surface area contributed by atoms with Crippen molar-refractivity contribution in [1.29, 1.82) is 0 Å². The van der Waals surface area contributed by atoms with Crippen molar-refractivity contribution in [2.24, 2.45) is 0 Å². The minimum absolute atomic E-state index is 0.0255. The second kappa shape index (κ2) is 7.34. The summed E-state index contributed by atoms with van der Waals surface area (Å²) >= 11 is 0. The maximum Gasteiger partial charge on any atom is 0.317 e. The Morgan fingerprint density at radius 1 is 1.17 bits per heavy atom. The number of ether oxygens (including phenoxy) is 2. The van der Waals surface area contributed by atoms with Crippen LogP contribution in [0.4, 0.5) is 0 Å². The van der Waals surface area contributed by atoms with Crippen LogP contribution >= 0.6 is 0 Å². The van der Waals surface area contributed by atoms with Crippen LogP contribution in [0.15, 0.2) is 30.3 Å². The highest BCUT2D eigenvalue weighted by Gasteiger charge is 2.40. The monoisotopic (exact) mass is 331 g/mol. The van der Waals surface area contributed by atoms with Crippen molar-refractivity contribution in [2.75, 3.05) is 13.7 Å². The number of carbonyl (C=O) groups excluding carboxylic acids is 2. The van der Waals surface area contributed by atoms with Gasteiger partial charge in [-0.3, -0.25) is 9.59 Å². The average Bonchev–Trinajstić information content (AvgIpc) is 2.77. The van der Waals surface area contributed by atoms with Crippen molar-refractivity contribution in [3.05, 3.63) is 35.9 Å². The van der Waals surface area contributed by atoms with Gasteiger partial charge < -0.3 is 14.4 Å². The molecule has 2 aliphatic rings. The van der Waals surface area contributed by atoms with Crippen LogP contribution in [0.5, 0.6) is 0 Å². The molecule has 5 nitrogen and oxygen atoms in total. The topological polar surface area (TPSA) is 55.8 Å². The first-order chi connectivity index (χ1) is 11.5. The standard InChI is InChI=1S/C19H25NO4/c1-13(21)23-12-18(14-6-4-3-5-7-14)19(22)24-17-10-15-8-9-16(11-17)20(15)2/h3-7,15-18H,8-12H2,1-2H3/t15-,16+,17+,18?. The summed E-state index contributed by atoms with van der Waals surface area (Å²) < 4.78 is 10.9. The molecule has 24 heavy (non-hydrogen) atoms. The summed E-state index contributed by atoms with van der Waals surface area (Å²) in [6.07, 6.45) is 4.13. The lowest BCUT2D eigenvalue weighted by molar-refractivity contribution is -0.157. The number of benzene rings is 1. The molecule has 0 aliphatic carbocycles. The quantitative estimate of drug-likeness (QED) is 0.776. The molecule has 0 spiro atoms. The minimum atomic E-state index is -0.563. The van der Waals surface area contributed by atoms with E-state index in [1.54, 1.807) is 0 Å². The van der Waals surface area contributed by atoms with E-state index in [0.717, 1.165) is 18.4 Å². The van der Waals surface area contributed by atoms with Crippen molar-refractivity contribution < 1.29 is 19.1 Å². The van der Waals surface area contributed by atoms with Crippen LogP contribution in [-0.4, -0.2) is 48.7 Å². The summed E-state index contributed by atoms with van der Waals surface area (Å²) in [5.41, 5.74) is 0.819. The van der Waals surface area contributed by atoms with Gasteiger partial charge in [-0.1, -0.05) is 30.3 Å². The number of rotatable bonds is 5. The van der Waals surface area contributed by atoms with Crippen LogP contribution in [0.2, 0.25) is 0 Å². The molecule has 3 rings (SSSR count). The van der Waals surface area contributed by atoms with Gasteiger partial charge in [0.25, 0.3) is 0 Å². The summed E-state index contributed by atoms with van der Waals surface area (Å²) in [7, 11) is 2.16. The summed E-state index contributed by atoms with van der Waals surface area (Å²) in [6, 6.07) is 10.4. The number of piperidine rings is 1. The highest BCUT2D eigenvalue weighted by atomic mass is 16.6. The molecule has 2 heterocycles. The largest absolute Gasteiger partial charge is 0.465 e. The maximum atomic E-state index is 12.7. The van der Waals surface area contributed by atoms with Gasteiger partial charge in [-0.2, -0.15) is 0 Å². The van der Waals surface area contributed by atoms with Gasteiger partial charge in [-0.15, -0.1) is 0 Å². The third-order valence-electron chi connectivity index (χ3n) is 5.28. The highest BCUT2D eigenvalue weighted by molar-refractivity contribution is 5.79. The molecule has 4 atom stereocenters. The zero-order valence-corrected chi connectivity index (χ0v) is 14.3. The van der Waals surface area contributed by atoms with Crippen molar-refractivity contribution >= 4 is 11.9 Å². The SMILES string of the molecule is CC(=O)OCC(C(=O)O[C@H]1C[C@H]2CC[C@@H](C1)N2C)c1ccccc1. The number of nitrogens with zero attached hydrogens (tertiary/aromatic N) is 1. The predicted molar refractivity (Wildman–Crippen MR) is 89.5 cm³/mol. The van der Waals surface area contributed by atoms with E-state index in [0.29, 0.717) is 12.1 Å². The van der Waals surface area contributed by atoms with Gasteiger partial charge in [-0.05, 0) is 38.3 Å². The van der Waals surface area contributed by atoms with E-state index in [4.69, 9.17) is 9.47 Å². The normalized spacial score (nSPS) is 27.5. The number of hydrogen-bond donors (Lipinski definition) is 0. The summed E-state index contributed by atoms with van der Waals surface area (Å²) in [6.45, 7) is 1.37. The molecule has 5 heteroatoms. The molecular weight excluding hydrogens is 306 g/mol. The molecule has 2 aliphatic heterocycles. The third kappa shape index (κ3) is 3.78. The van der Waals surface area contributed by atoms with Gasteiger partial charge in [0, 0.05) is 19.0 Å². The first-order valence-electron chi connectivity index (χ1n) is 8.65. The Morgan fingerprint density at radius 3 is 2.38 bits per heavy atom. The second-order valence-corrected chi connectivity index (χ2v) is 6.85. The number of fused-ring (bicyclic) bond motifs is 2. The van der Waals surface area contributed by atoms with Crippen LogP contribution in [-0.2, 0) is 19.1 Å². The number of hydrogen-bond acceptors (Lipinski definition) is 5. The Bertz CT molecular complexity index is 574. The lowest BCUT2D eigenvalue weighted by Crippen LogP contribution is -2.44. The summed E-state index contributed by atoms with van der Waals surface area (Å²) in [5, 5.41) is 0. The predicted octanol–water partition coefficient (Wildman–Crippen LogP) is 2.50. The molecule has 1 aromatic rings. The fourth-order valence-corrected chi connectivity index (χ4v) is 3.89. The van der Waals surface area contributed by atoms with Crippen molar-refractivity contribution in [1.82, 2.24) is 4.90 Å². The van der Waals surface area contributed by atoms with Gasteiger partial charge in [-0.25, -0.2) is 0 Å². The molecule has 1 aromatic carbocycles. The summed E-state index contributed by atoms with van der Waals surface area (Å²) in [5.74, 6) is -1.25. The van der Waals surface area contributed by atoms with E-state index in [9.17, 15) is 9.59 Å². The van der Waals surface area contributed by atoms with Gasteiger partial charge in [0.1, 0.15) is 18.6 Å². The lowest BCUT2D eigenvalue weighted by Gasteiger charge is -2.36. The molecular formula is C19H25NO4. The van der Waals surface area contributed by atoms with E-state index in [1.807, 2.05) is 30.3 Å². The van der Waals surface area contributed by atoms with E-state index >= 15 is 0 Å². The Labute approximate surface area is 142 Å². The Kier molecular flexibility index (Phi) is 5.19. The molecule has 1 unspecified atom stereocenters. The number of carbonyl (C=O) groups is 2. The molecule has 0 N–H and O–H groups in total. The van der Waals surface area contributed by atoms with Gasteiger partial charge in [0.15, 0.2) is 0 Å². The van der Waals surface area contributed by atoms with Gasteiger partial charge >= 0.3 is 11.9 Å². The van der Waals surface area contributed by atoms with Crippen molar-refractivity contribution in [3.63, 3.8) is 0 Å². The molecule has 2 saturated heterocycles. The van der Waals surface area contributed by atoms with Crippen LogP contribution < -0.4 is 0 Å². The molecule has 0 amide bonds. The molecule has 2 bridgehead atoms. The molecule has 0 saturated carbocycles. The fourth-order valence-electron chi connectivity index (χ4n) is 3.89. The molecule has 0 radical (unpaired) electrons. The van der Waals surface area contributed by atoms with E-state index in [-0.39, 0.29) is 24.6 Å². The average molecular weight is 331 g/mol. The zero-order chi connectivity index (χ0) is 17.1. The zero-order valence-electron chi connectivity index (χ0n) is 14.3. The first kappa shape index (κ1) is 17.0. The van der Waals surface area contributed by atoms with Crippen LogP contribution in [0.1, 0.15) is 44.1 Å². The van der Waals surface area contributed by atoms with E-state index in [1.165, 1.54) is 19.8 Å². The Hall–Kier alpha value is -1.88. The minimum Gasteiger partial charge on any atom is -0.465 e. The van der Waals surface area contributed by atoms with E-state index in [2.05, 4.69) is 11.9 Å². The smallest absolute Gasteiger partial charge is 0.317 e.